The molecule has 0 bridgehead atoms. The first-order valence-electron chi connectivity index (χ1n) is 11.0. The van der Waals surface area contributed by atoms with Crippen LogP contribution in [0.1, 0.15) is 67.4 Å². The van der Waals surface area contributed by atoms with E-state index in [4.69, 9.17) is 4.98 Å². The van der Waals surface area contributed by atoms with Crippen LogP contribution >= 0.6 is 11.3 Å². The first-order valence-corrected chi connectivity index (χ1v) is 11.8. The molecule has 2 aliphatic heterocycles. The number of hydrogen-bond acceptors (Lipinski definition) is 4. The third kappa shape index (κ3) is 4.83. The van der Waals surface area contributed by atoms with E-state index in [0.717, 1.165) is 44.7 Å². The molecule has 1 saturated heterocycles. The van der Waals surface area contributed by atoms with Crippen molar-refractivity contribution in [1.29, 1.82) is 0 Å². The van der Waals surface area contributed by atoms with Gasteiger partial charge in [0, 0.05) is 30.3 Å². The van der Waals surface area contributed by atoms with E-state index in [2.05, 4.69) is 17.1 Å². The minimum absolute atomic E-state index is 0.130. The normalized spacial score (nSPS) is 24.6. The van der Waals surface area contributed by atoms with Crippen molar-refractivity contribution >= 4 is 17.4 Å². The molecule has 2 fully saturated rings. The third-order valence-corrected chi connectivity index (χ3v) is 7.70. The molecule has 0 radical (unpaired) electrons. The molecule has 5 nitrogen and oxygen atoms in total. The second-order valence-corrected chi connectivity index (χ2v) is 9.68. The van der Waals surface area contributed by atoms with Crippen molar-refractivity contribution in [2.75, 3.05) is 26.2 Å². The van der Waals surface area contributed by atoms with Gasteiger partial charge in [-0.2, -0.15) is 0 Å². The number of nitrogens with one attached hydrogen (secondary N) is 1. The molecule has 27 heavy (non-hydrogen) atoms. The van der Waals surface area contributed by atoms with Crippen molar-refractivity contribution in [1.82, 2.24) is 20.1 Å². The number of likely N-dealkylation sites (tertiary alicyclic amines) is 1. The van der Waals surface area contributed by atoms with E-state index in [1.807, 2.05) is 16.2 Å². The molecule has 3 heterocycles. The smallest absolute Gasteiger partial charge is 0.317 e. The zero-order valence-electron chi connectivity index (χ0n) is 16.7. The number of carbonyl (C=O) groups is 1. The van der Waals surface area contributed by atoms with Crippen LogP contribution < -0.4 is 5.32 Å². The van der Waals surface area contributed by atoms with Gasteiger partial charge in [-0.1, -0.05) is 19.8 Å². The average molecular weight is 391 g/mol. The van der Waals surface area contributed by atoms with Crippen LogP contribution in [0.4, 0.5) is 4.79 Å². The molecule has 1 N–H and O–H groups in total. The Labute approximate surface area is 167 Å². The molecule has 4 rings (SSSR count). The van der Waals surface area contributed by atoms with Gasteiger partial charge >= 0.3 is 6.03 Å². The van der Waals surface area contributed by atoms with Crippen LogP contribution in [0.25, 0.3) is 0 Å². The molecule has 1 atom stereocenters. The summed E-state index contributed by atoms with van der Waals surface area (Å²) in [4.78, 5) is 23.4. The van der Waals surface area contributed by atoms with E-state index in [1.165, 1.54) is 67.3 Å². The van der Waals surface area contributed by atoms with Crippen LogP contribution in [0.2, 0.25) is 0 Å². The molecule has 1 aromatic heterocycles. The quantitative estimate of drug-likeness (QED) is 0.850. The maximum absolute atomic E-state index is 12.6. The minimum Gasteiger partial charge on any atom is -0.335 e. The summed E-state index contributed by atoms with van der Waals surface area (Å²) in [7, 11) is 0. The fourth-order valence-corrected chi connectivity index (χ4v) is 6.08. The zero-order valence-corrected chi connectivity index (χ0v) is 17.5. The molecule has 150 valence electrons. The van der Waals surface area contributed by atoms with E-state index in [9.17, 15) is 4.79 Å². The Bertz CT molecular complexity index is 640. The lowest BCUT2D eigenvalue weighted by Gasteiger charge is -2.27. The number of urea groups is 1. The average Bonchev–Trinajstić information content (AvgIpc) is 3.26. The first kappa shape index (κ1) is 19.2. The van der Waals surface area contributed by atoms with Crippen molar-refractivity contribution in [3.8, 4) is 0 Å². The summed E-state index contributed by atoms with van der Waals surface area (Å²) < 4.78 is 0. The van der Waals surface area contributed by atoms with Crippen LogP contribution in [0, 0.1) is 5.92 Å². The fraction of sp³-hybridized carbons (Fsp3) is 0.810. The number of carbonyl (C=O) groups excluding carboxylic acids is 1. The first-order chi connectivity index (χ1) is 13.2. The van der Waals surface area contributed by atoms with E-state index in [1.54, 1.807) is 0 Å². The number of rotatable bonds is 4. The lowest BCUT2D eigenvalue weighted by Crippen LogP contribution is -2.45. The Kier molecular flexibility index (Phi) is 6.33. The van der Waals surface area contributed by atoms with E-state index < -0.39 is 0 Å². The van der Waals surface area contributed by atoms with Gasteiger partial charge in [-0.15, -0.1) is 11.3 Å². The maximum Gasteiger partial charge on any atom is 0.317 e. The standard InChI is InChI=1S/C21H34N4OS/c1-2-24-11-5-6-16(9-12-24)14-20-23-18-10-13-25(15-19(18)27-20)21(26)22-17-7-3-4-8-17/h16-17H,2-15H2,1H3,(H,22,26). The molecule has 1 unspecified atom stereocenters. The summed E-state index contributed by atoms with van der Waals surface area (Å²) in [6, 6.07) is 0.528. The number of hydrogen-bond donors (Lipinski definition) is 1. The molecule has 0 aromatic carbocycles. The third-order valence-electron chi connectivity index (χ3n) is 6.60. The number of aromatic nitrogens is 1. The molecule has 6 heteroatoms. The molecule has 3 aliphatic rings. The van der Waals surface area contributed by atoms with Crippen LogP contribution in [0.15, 0.2) is 0 Å². The van der Waals surface area contributed by atoms with Gasteiger partial charge in [-0.3, -0.25) is 0 Å². The van der Waals surface area contributed by atoms with Crippen molar-refractivity contribution in [2.24, 2.45) is 5.92 Å². The second kappa shape index (κ2) is 8.91. The second-order valence-electron chi connectivity index (χ2n) is 8.52. The van der Waals surface area contributed by atoms with Gasteiger partial charge in [0.15, 0.2) is 0 Å². The Hall–Kier alpha value is -1.14. The van der Waals surface area contributed by atoms with E-state index in [0.29, 0.717) is 6.04 Å². The predicted molar refractivity (Wildman–Crippen MR) is 110 cm³/mol. The van der Waals surface area contributed by atoms with Gasteiger partial charge in [0.2, 0.25) is 0 Å². The van der Waals surface area contributed by atoms with Crippen LogP contribution in [0.3, 0.4) is 0 Å². The summed E-state index contributed by atoms with van der Waals surface area (Å²) in [6.45, 7) is 7.50. The topological polar surface area (TPSA) is 48.5 Å². The highest BCUT2D eigenvalue weighted by Crippen LogP contribution is 2.29. The summed E-state index contributed by atoms with van der Waals surface area (Å²) in [6.07, 6.45) is 10.8. The summed E-state index contributed by atoms with van der Waals surface area (Å²) >= 11 is 1.86. The molecular weight excluding hydrogens is 356 g/mol. The Balaban J connectivity index is 1.32. The molecule has 1 saturated carbocycles. The van der Waals surface area contributed by atoms with Crippen molar-refractivity contribution in [2.45, 2.75) is 77.3 Å². The minimum atomic E-state index is 0.130. The summed E-state index contributed by atoms with van der Waals surface area (Å²) in [5.74, 6) is 0.774. The van der Waals surface area contributed by atoms with Gasteiger partial charge in [0.25, 0.3) is 0 Å². The predicted octanol–water partition coefficient (Wildman–Crippen LogP) is 3.82. The Morgan fingerprint density at radius 2 is 2.00 bits per heavy atom. The van der Waals surface area contributed by atoms with Gasteiger partial charge < -0.3 is 15.1 Å². The molecule has 2 amide bonds. The summed E-state index contributed by atoms with van der Waals surface area (Å²) in [5.41, 5.74) is 1.25. The largest absolute Gasteiger partial charge is 0.335 e. The number of nitrogens with zero attached hydrogens (tertiary/aromatic N) is 3. The van der Waals surface area contributed by atoms with Gasteiger partial charge in [-0.25, -0.2) is 9.78 Å². The maximum atomic E-state index is 12.6. The van der Waals surface area contributed by atoms with Gasteiger partial charge in [0.05, 0.1) is 17.2 Å². The van der Waals surface area contributed by atoms with Crippen molar-refractivity contribution in [3.05, 3.63) is 15.6 Å². The highest BCUT2D eigenvalue weighted by Gasteiger charge is 2.27. The lowest BCUT2D eigenvalue weighted by molar-refractivity contribution is 0.189. The van der Waals surface area contributed by atoms with E-state index in [-0.39, 0.29) is 6.03 Å². The number of fused-ring (bicyclic) bond motifs is 1. The molecule has 0 spiro atoms. The van der Waals surface area contributed by atoms with Crippen molar-refractivity contribution < 1.29 is 4.79 Å². The monoisotopic (exact) mass is 390 g/mol. The van der Waals surface area contributed by atoms with Gasteiger partial charge in [0.1, 0.15) is 0 Å². The van der Waals surface area contributed by atoms with E-state index >= 15 is 0 Å². The summed E-state index contributed by atoms with van der Waals surface area (Å²) in [5, 5.41) is 4.53. The highest BCUT2D eigenvalue weighted by atomic mass is 32.1. The molecule has 1 aliphatic carbocycles. The highest BCUT2D eigenvalue weighted by molar-refractivity contribution is 7.11. The molecular formula is C21H34N4OS. The number of amides is 2. The SMILES string of the molecule is CCN1CCCC(Cc2nc3c(s2)CN(C(=O)NC2CCCC2)CC3)CC1. The van der Waals surface area contributed by atoms with Crippen molar-refractivity contribution in [3.63, 3.8) is 0 Å². The van der Waals surface area contributed by atoms with Gasteiger partial charge in [-0.05, 0) is 57.7 Å². The van der Waals surface area contributed by atoms with Crippen LogP contribution in [-0.2, 0) is 19.4 Å². The zero-order chi connectivity index (χ0) is 18.6. The Morgan fingerprint density at radius 3 is 2.81 bits per heavy atom. The van der Waals surface area contributed by atoms with Crippen LogP contribution in [0.5, 0.6) is 0 Å². The fourth-order valence-electron chi connectivity index (χ4n) is 4.84. The van der Waals surface area contributed by atoms with Crippen LogP contribution in [-0.4, -0.2) is 53.0 Å². The number of thiazole rings is 1. The Morgan fingerprint density at radius 1 is 1.15 bits per heavy atom. The molecule has 1 aromatic rings. The lowest BCUT2D eigenvalue weighted by atomic mass is 9.97.